The number of ether oxygens (including phenoxy) is 1. The van der Waals surface area contributed by atoms with Crippen molar-refractivity contribution in [1.82, 2.24) is 5.32 Å². The summed E-state index contributed by atoms with van der Waals surface area (Å²) in [6.45, 7) is 1.77. The molecule has 1 heterocycles. The molecule has 2 aromatic carbocycles. The van der Waals surface area contributed by atoms with Gasteiger partial charge in [-0.3, -0.25) is 4.99 Å². The van der Waals surface area contributed by atoms with Gasteiger partial charge in [0.15, 0.2) is 5.96 Å². The predicted octanol–water partition coefficient (Wildman–Crippen LogP) is 4.78. The minimum absolute atomic E-state index is 0. The Morgan fingerprint density at radius 1 is 0.926 bits per heavy atom. The molecule has 1 saturated carbocycles. The summed E-state index contributed by atoms with van der Waals surface area (Å²) >= 11 is 0. The van der Waals surface area contributed by atoms with Gasteiger partial charge in [0.1, 0.15) is 5.75 Å². The number of aliphatic imine (C=N–C) groups is 1. The molecule has 0 saturated heterocycles. The molecule has 0 radical (unpaired) electrons. The van der Waals surface area contributed by atoms with Gasteiger partial charge >= 0.3 is 0 Å². The lowest BCUT2D eigenvalue weighted by atomic mass is 9.98. The van der Waals surface area contributed by atoms with E-state index in [1.807, 2.05) is 0 Å². The Bertz CT molecular complexity index is 737. The minimum atomic E-state index is 0. The second-order valence-electron chi connectivity index (χ2n) is 7.18. The van der Waals surface area contributed by atoms with Crippen molar-refractivity contribution in [3.63, 3.8) is 0 Å². The van der Waals surface area contributed by atoms with E-state index in [-0.39, 0.29) is 12.4 Å². The van der Waals surface area contributed by atoms with Crippen molar-refractivity contribution < 1.29 is 4.74 Å². The molecule has 0 atom stereocenters. The van der Waals surface area contributed by atoms with Crippen molar-refractivity contribution in [1.29, 1.82) is 0 Å². The first-order valence-electron chi connectivity index (χ1n) is 9.75. The fourth-order valence-corrected chi connectivity index (χ4v) is 3.62. The summed E-state index contributed by atoms with van der Waals surface area (Å²) in [5, 5.41) is 6.52. The van der Waals surface area contributed by atoms with Crippen LogP contribution in [0.1, 0.15) is 43.2 Å². The van der Waals surface area contributed by atoms with Crippen LogP contribution in [-0.4, -0.2) is 25.2 Å². The zero-order chi connectivity index (χ0) is 17.6. The first-order valence-corrected chi connectivity index (χ1v) is 9.75. The zero-order valence-corrected chi connectivity index (χ0v) is 16.4. The fraction of sp³-hybridized carbons (Fsp3) is 0.409. The van der Waals surface area contributed by atoms with Crippen LogP contribution in [0.4, 0.5) is 5.69 Å². The minimum Gasteiger partial charge on any atom is -0.490 e. The van der Waals surface area contributed by atoms with E-state index < -0.39 is 0 Å². The van der Waals surface area contributed by atoms with Crippen LogP contribution in [0.15, 0.2) is 53.5 Å². The molecule has 0 unspecified atom stereocenters. The van der Waals surface area contributed by atoms with Gasteiger partial charge in [0.2, 0.25) is 0 Å². The third-order valence-electron chi connectivity index (χ3n) is 5.08. The summed E-state index contributed by atoms with van der Waals surface area (Å²) in [4.78, 5) is 4.35. The number of anilines is 1. The van der Waals surface area contributed by atoms with Crippen LogP contribution in [0.5, 0.6) is 5.75 Å². The molecule has 4 nitrogen and oxygen atoms in total. The molecule has 2 aliphatic rings. The third kappa shape index (κ3) is 5.64. The van der Waals surface area contributed by atoms with Gasteiger partial charge in [-0.1, -0.05) is 30.7 Å². The molecular formula is C22H28ClN3O. The lowest BCUT2D eigenvalue weighted by molar-refractivity contribution is 0.155. The molecule has 27 heavy (non-hydrogen) atoms. The largest absolute Gasteiger partial charge is 0.490 e. The molecule has 1 fully saturated rings. The SMILES string of the molecule is Cl.c1cc(NC2=NCCN2)ccc1Cc1ccc(OC2CCCCC2)cc1. The van der Waals surface area contributed by atoms with Crippen LogP contribution in [0.2, 0.25) is 0 Å². The number of guanidine groups is 1. The van der Waals surface area contributed by atoms with E-state index in [1.54, 1.807) is 0 Å². The Kier molecular flexibility index (Phi) is 6.99. The molecule has 5 heteroatoms. The molecule has 0 amide bonds. The van der Waals surface area contributed by atoms with Crippen molar-refractivity contribution in [3.05, 3.63) is 59.7 Å². The van der Waals surface area contributed by atoms with E-state index in [1.165, 1.54) is 43.2 Å². The maximum absolute atomic E-state index is 6.11. The highest BCUT2D eigenvalue weighted by Crippen LogP contribution is 2.24. The van der Waals surface area contributed by atoms with Crippen LogP contribution >= 0.6 is 12.4 Å². The zero-order valence-electron chi connectivity index (χ0n) is 15.6. The second-order valence-corrected chi connectivity index (χ2v) is 7.18. The van der Waals surface area contributed by atoms with Crippen LogP contribution < -0.4 is 15.4 Å². The highest BCUT2D eigenvalue weighted by molar-refractivity contribution is 5.94. The molecule has 144 valence electrons. The Morgan fingerprint density at radius 2 is 1.59 bits per heavy atom. The summed E-state index contributed by atoms with van der Waals surface area (Å²) in [6, 6.07) is 17.2. The van der Waals surface area contributed by atoms with Gasteiger partial charge in [-0.15, -0.1) is 12.4 Å². The maximum atomic E-state index is 6.11. The summed E-state index contributed by atoms with van der Waals surface area (Å²) in [5.74, 6) is 1.87. The number of hydrogen-bond donors (Lipinski definition) is 2. The average Bonchev–Trinajstić information content (AvgIpc) is 3.19. The number of benzene rings is 2. The summed E-state index contributed by atoms with van der Waals surface area (Å²) < 4.78 is 6.11. The van der Waals surface area contributed by atoms with Crippen LogP contribution in [0.3, 0.4) is 0 Å². The monoisotopic (exact) mass is 385 g/mol. The number of nitrogens with one attached hydrogen (secondary N) is 2. The van der Waals surface area contributed by atoms with Crippen LogP contribution in [0, 0.1) is 0 Å². The van der Waals surface area contributed by atoms with Gasteiger partial charge in [-0.25, -0.2) is 0 Å². The Labute approximate surface area is 167 Å². The van der Waals surface area contributed by atoms with Crippen molar-refractivity contribution in [2.75, 3.05) is 18.4 Å². The van der Waals surface area contributed by atoms with Gasteiger partial charge in [0, 0.05) is 12.2 Å². The smallest absolute Gasteiger partial charge is 0.195 e. The highest BCUT2D eigenvalue weighted by atomic mass is 35.5. The van der Waals surface area contributed by atoms with E-state index in [2.05, 4.69) is 64.2 Å². The molecule has 4 rings (SSSR count). The van der Waals surface area contributed by atoms with Gasteiger partial charge < -0.3 is 15.4 Å². The summed E-state index contributed by atoms with van der Waals surface area (Å²) in [7, 11) is 0. The van der Waals surface area contributed by atoms with E-state index in [9.17, 15) is 0 Å². The quantitative estimate of drug-likeness (QED) is 0.778. The first kappa shape index (κ1) is 19.6. The Balaban J connectivity index is 0.00000210. The predicted molar refractivity (Wildman–Crippen MR) is 114 cm³/mol. The second kappa shape index (κ2) is 9.65. The number of rotatable bonds is 5. The highest BCUT2D eigenvalue weighted by Gasteiger charge is 2.14. The summed E-state index contributed by atoms with van der Waals surface area (Å²) in [6.07, 6.45) is 7.71. The van der Waals surface area contributed by atoms with E-state index in [0.29, 0.717) is 6.10 Å². The standard InChI is InChI=1S/C22H27N3O.ClH/c1-2-4-20(5-3-1)26-21-12-8-18(9-13-21)16-17-6-10-19(11-7-17)25-22-23-14-15-24-22;/h6-13,20H,1-5,14-16H2,(H2,23,24,25);1H. The number of hydrogen-bond acceptors (Lipinski definition) is 4. The first-order chi connectivity index (χ1) is 12.8. The van der Waals surface area contributed by atoms with Gasteiger partial charge in [0.05, 0.1) is 12.6 Å². The normalized spacial score (nSPS) is 16.8. The number of halogens is 1. The van der Waals surface area contributed by atoms with Crippen molar-refractivity contribution in [2.24, 2.45) is 4.99 Å². The van der Waals surface area contributed by atoms with Crippen LogP contribution in [0.25, 0.3) is 0 Å². The average molecular weight is 386 g/mol. The van der Waals surface area contributed by atoms with E-state index in [4.69, 9.17) is 4.74 Å². The lowest BCUT2D eigenvalue weighted by Gasteiger charge is -2.23. The van der Waals surface area contributed by atoms with Crippen molar-refractivity contribution >= 4 is 24.1 Å². The molecule has 0 bridgehead atoms. The van der Waals surface area contributed by atoms with E-state index in [0.717, 1.165) is 36.9 Å². The fourth-order valence-electron chi connectivity index (χ4n) is 3.62. The Hall–Kier alpha value is -2.20. The summed E-state index contributed by atoms with van der Waals surface area (Å²) in [5.41, 5.74) is 3.68. The lowest BCUT2D eigenvalue weighted by Crippen LogP contribution is -2.26. The van der Waals surface area contributed by atoms with Crippen molar-refractivity contribution in [2.45, 2.75) is 44.6 Å². The van der Waals surface area contributed by atoms with Crippen LogP contribution in [-0.2, 0) is 6.42 Å². The Morgan fingerprint density at radius 3 is 2.22 bits per heavy atom. The van der Waals surface area contributed by atoms with Gasteiger partial charge in [0.25, 0.3) is 0 Å². The third-order valence-corrected chi connectivity index (χ3v) is 5.08. The molecule has 1 aliphatic carbocycles. The topological polar surface area (TPSA) is 45.7 Å². The number of nitrogens with zero attached hydrogens (tertiary/aromatic N) is 1. The molecular weight excluding hydrogens is 358 g/mol. The maximum Gasteiger partial charge on any atom is 0.195 e. The van der Waals surface area contributed by atoms with E-state index >= 15 is 0 Å². The van der Waals surface area contributed by atoms with Gasteiger partial charge in [-0.05, 0) is 67.5 Å². The molecule has 2 aromatic rings. The molecule has 0 spiro atoms. The van der Waals surface area contributed by atoms with Crippen molar-refractivity contribution in [3.8, 4) is 5.75 Å². The van der Waals surface area contributed by atoms with Gasteiger partial charge in [-0.2, -0.15) is 0 Å². The molecule has 2 N–H and O–H groups in total. The molecule has 1 aliphatic heterocycles. The molecule has 0 aromatic heterocycles.